The van der Waals surface area contributed by atoms with Crippen LogP contribution in [0.25, 0.3) is 5.57 Å². The van der Waals surface area contributed by atoms with Crippen molar-refractivity contribution in [1.29, 1.82) is 0 Å². The van der Waals surface area contributed by atoms with Crippen LogP contribution in [0.15, 0.2) is 11.9 Å². The molecule has 1 aromatic heterocycles. The normalized spacial score (nSPS) is 27.3. The zero-order chi connectivity index (χ0) is 23.7. The van der Waals surface area contributed by atoms with Crippen molar-refractivity contribution >= 4 is 11.5 Å². The molecule has 0 aromatic carbocycles. The Labute approximate surface area is 205 Å². The molecule has 34 heavy (non-hydrogen) atoms. The number of aromatic nitrogens is 2. The summed E-state index contributed by atoms with van der Waals surface area (Å²) in [4.78, 5) is 26.2. The zero-order valence-electron chi connectivity index (χ0n) is 21.4. The molecule has 1 aliphatic heterocycles. The Morgan fingerprint density at radius 1 is 1.18 bits per heavy atom. The number of carbonyl (C=O) groups is 1. The van der Waals surface area contributed by atoms with E-state index in [1.54, 1.807) is 11.9 Å². The lowest BCUT2D eigenvalue weighted by Gasteiger charge is -2.35. The van der Waals surface area contributed by atoms with Gasteiger partial charge in [-0.2, -0.15) is 0 Å². The zero-order valence-corrected chi connectivity index (χ0v) is 21.4. The molecule has 1 saturated carbocycles. The van der Waals surface area contributed by atoms with E-state index in [1.807, 2.05) is 4.90 Å². The molecule has 0 unspecified atom stereocenters. The van der Waals surface area contributed by atoms with Crippen molar-refractivity contribution in [2.75, 3.05) is 26.7 Å². The lowest BCUT2D eigenvalue weighted by molar-refractivity contribution is -0.131. The van der Waals surface area contributed by atoms with Gasteiger partial charge in [0.25, 0.3) is 0 Å². The largest absolute Gasteiger partial charge is 0.474 e. The molecule has 186 valence electrons. The Morgan fingerprint density at radius 2 is 1.94 bits per heavy atom. The first-order valence-corrected chi connectivity index (χ1v) is 13.7. The maximum absolute atomic E-state index is 12.6. The lowest BCUT2D eigenvalue weighted by Crippen LogP contribution is -2.44. The Balaban J connectivity index is 1.19. The van der Waals surface area contributed by atoms with E-state index in [2.05, 4.69) is 35.8 Å². The van der Waals surface area contributed by atoms with Crippen LogP contribution < -0.4 is 4.74 Å². The molecule has 3 aliphatic carbocycles. The van der Waals surface area contributed by atoms with Gasteiger partial charge < -0.3 is 9.64 Å². The van der Waals surface area contributed by atoms with Crippen molar-refractivity contribution in [3.8, 4) is 5.88 Å². The molecule has 0 N–H and O–H groups in total. The van der Waals surface area contributed by atoms with Crippen molar-refractivity contribution in [2.24, 2.45) is 11.8 Å². The van der Waals surface area contributed by atoms with Crippen LogP contribution >= 0.6 is 0 Å². The van der Waals surface area contributed by atoms with Crippen LogP contribution in [-0.2, 0) is 11.2 Å². The fraction of sp³-hybridized carbons (Fsp3) is 0.750. The van der Waals surface area contributed by atoms with Crippen molar-refractivity contribution in [1.82, 2.24) is 19.8 Å². The molecule has 0 spiro atoms. The van der Waals surface area contributed by atoms with Crippen LogP contribution in [0.1, 0.15) is 89.3 Å². The van der Waals surface area contributed by atoms with E-state index in [-0.39, 0.29) is 6.10 Å². The summed E-state index contributed by atoms with van der Waals surface area (Å²) >= 11 is 0. The first-order valence-electron chi connectivity index (χ1n) is 13.7. The van der Waals surface area contributed by atoms with E-state index in [0.717, 1.165) is 69.8 Å². The van der Waals surface area contributed by atoms with Crippen LogP contribution in [0.3, 0.4) is 0 Å². The molecule has 4 aliphatic rings. The maximum Gasteiger partial charge on any atom is 0.236 e. The average molecular weight is 467 g/mol. The predicted octanol–water partition coefficient (Wildman–Crippen LogP) is 4.88. The van der Waals surface area contributed by atoms with Gasteiger partial charge in [0, 0.05) is 25.6 Å². The second kappa shape index (κ2) is 10.3. The molecular weight excluding hydrogens is 424 g/mol. The number of hydrogen-bond acceptors (Lipinski definition) is 5. The summed E-state index contributed by atoms with van der Waals surface area (Å²) in [5.74, 6) is 2.51. The van der Waals surface area contributed by atoms with Crippen molar-refractivity contribution in [2.45, 2.75) is 96.6 Å². The van der Waals surface area contributed by atoms with Gasteiger partial charge in [-0.15, -0.1) is 0 Å². The number of ether oxygens (including phenoxy) is 1. The minimum Gasteiger partial charge on any atom is -0.474 e. The summed E-state index contributed by atoms with van der Waals surface area (Å²) < 4.78 is 6.60. The predicted molar refractivity (Wildman–Crippen MR) is 135 cm³/mol. The van der Waals surface area contributed by atoms with Gasteiger partial charge in [0.2, 0.25) is 11.8 Å². The van der Waals surface area contributed by atoms with E-state index in [1.165, 1.54) is 42.5 Å². The van der Waals surface area contributed by atoms with Crippen molar-refractivity contribution in [3.05, 3.63) is 23.2 Å². The molecule has 2 heterocycles. The number of likely N-dealkylation sites (tertiary alicyclic amines) is 1. The van der Waals surface area contributed by atoms with Crippen molar-refractivity contribution in [3.63, 3.8) is 0 Å². The number of allylic oxidation sites excluding steroid dienone is 2. The third-order valence-electron chi connectivity index (χ3n) is 8.90. The van der Waals surface area contributed by atoms with E-state index in [9.17, 15) is 4.79 Å². The van der Waals surface area contributed by atoms with Gasteiger partial charge in [-0.25, -0.2) is 9.97 Å². The number of hydrogen-bond donors (Lipinski definition) is 0. The summed E-state index contributed by atoms with van der Waals surface area (Å²) in [6.45, 7) is 7.09. The fourth-order valence-corrected chi connectivity index (χ4v) is 6.64. The SMILES string of the molecule is CC[C@@H](C)C[C@H]1CCC2=C1c1c(ncnc1OC1CCC(N(C)CC(=O)N3CCCC3)CC1)C2. The molecule has 2 atom stereocenters. The number of carbonyl (C=O) groups excluding carboxylic acids is 1. The quantitative estimate of drug-likeness (QED) is 0.547. The summed E-state index contributed by atoms with van der Waals surface area (Å²) in [5.41, 5.74) is 5.53. The highest BCUT2D eigenvalue weighted by Gasteiger charge is 2.37. The highest BCUT2D eigenvalue weighted by atomic mass is 16.5. The number of fused-ring (bicyclic) bond motifs is 2. The van der Waals surface area contributed by atoms with Gasteiger partial charge in [0.1, 0.15) is 12.4 Å². The van der Waals surface area contributed by atoms with Crippen LogP contribution in [0.2, 0.25) is 0 Å². The Kier molecular flexibility index (Phi) is 7.24. The summed E-state index contributed by atoms with van der Waals surface area (Å²) in [5, 5.41) is 0. The number of rotatable bonds is 8. The maximum atomic E-state index is 12.6. The highest BCUT2D eigenvalue weighted by molar-refractivity contribution is 5.81. The van der Waals surface area contributed by atoms with Gasteiger partial charge in [-0.3, -0.25) is 9.69 Å². The Hall–Kier alpha value is -1.95. The number of likely N-dealkylation sites (N-methyl/N-ethyl adjacent to an activating group) is 1. The first-order chi connectivity index (χ1) is 16.5. The third-order valence-corrected chi connectivity index (χ3v) is 8.90. The van der Waals surface area contributed by atoms with Crippen LogP contribution in [0, 0.1) is 11.8 Å². The molecule has 5 rings (SSSR count). The molecule has 6 nitrogen and oxygen atoms in total. The molecule has 1 aromatic rings. The molecule has 6 heteroatoms. The summed E-state index contributed by atoms with van der Waals surface area (Å²) in [6.07, 6.45) is 14.4. The van der Waals surface area contributed by atoms with Crippen LogP contribution in [0.4, 0.5) is 0 Å². The Morgan fingerprint density at radius 3 is 2.68 bits per heavy atom. The lowest BCUT2D eigenvalue weighted by atomic mass is 9.87. The minimum atomic E-state index is 0.206. The summed E-state index contributed by atoms with van der Waals surface area (Å²) in [7, 11) is 2.11. The van der Waals surface area contributed by atoms with Gasteiger partial charge >= 0.3 is 0 Å². The highest BCUT2D eigenvalue weighted by Crippen LogP contribution is 2.51. The topological polar surface area (TPSA) is 58.6 Å². The van der Waals surface area contributed by atoms with E-state index >= 15 is 0 Å². The fourth-order valence-electron chi connectivity index (χ4n) is 6.64. The van der Waals surface area contributed by atoms with E-state index in [0.29, 0.717) is 24.4 Å². The molecule has 0 radical (unpaired) electrons. The second-order valence-electron chi connectivity index (χ2n) is 11.2. The number of amides is 1. The molecule has 0 bridgehead atoms. The molecule has 1 amide bonds. The van der Waals surface area contributed by atoms with Crippen LogP contribution in [0.5, 0.6) is 5.88 Å². The average Bonchev–Trinajstić information content (AvgIpc) is 3.58. The molecule has 1 saturated heterocycles. The second-order valence-corrected chi connectivity index (χ2v) is 11.2. The van der Waals surface area contributed by atoms with Gasteiger partial charge in [0.05, 0.1) is 17.8 Å². The molecular formula is C28H42N4O2. The van der Waals surface area contributed by atoms with Crippen LogP contribution in [-0.4, -0.2) is 64.5 Å². The third kappa shape index (κ3) is 4.89. The van der Waals surface area contributed by atoms with Gasteiger partial charge in [-0.05, 0) is 82.2 Å². The van der Waals surface area contributed by atoms with Crippen molar-refractivity contribution < 1.29 is 9.53 Å². The summed E-state index contributed by atoms with van der Waals surface area (Å²) in [6, 6.07) is 0.464. The molecule has 2 fully saturated rings. The van der Waals surface area contributed by atoms with E-state index in [4.69, 9.17) is 4.74 Å². The monoisotopic (exact) mass is 466 g/mol. The minimum absolute atomic E-state index is 0.206. The van der Waals surface area contributed by atoms with Gasteiger partial charge in [-0.1, -0.05) is 25.8 Å². The van der Waals surface area contributed by atoms with E-state index < -0.39 is 0 Å². The Bertz CT molecular complexity index is 915. The number of nitrogens with zero attached hydrogens (tertiary/aromatic N) is 4. The smallest absolute Gasteiger partial charge is 0.236 e. The first kappa shape index (κ1) is 23.8. The van der Waals surface area contributed by atoms with Gasteiger partial charge in [0.15, 0.2) is 0 Å². The standard InChI is InChI=1S/C28H42N4O2/c1-4-19(2)15-20-7-8-21-16-24-27(26(20)21)28(30-18-29-24)34-23-11-9-22(10-12-23)31(3)17-25(33)32-13-5-6-14-32/h18-20,22-23H,4-17H2,1-3H3/t19-,20-,22?,23?/m1/s1.